The number of Topliss-reactive ketones (excluding diaryl/α,β-unsaturated/α-hetero) is 1. The Kier molecular flexibility index (Phi) is 7.47. The van der Waals surface area contributed by atoms with Gasteiger partial charge in [-0.15, -0.1) is 0 Å². The molecular weight excluding hydrogens is 200 g/mol. The maximum atomic E-state index is 10.5. The fourth-order valence-electron chi connectivity index (χ4n) is 0.561. The highest BCUT2D eigenvalue weighted by atomic mass is 16.6. The molecule has 0 unspecified atom stereocenters. The van der Waals surface area contributed by atoms with Gasteiger partial charge in [0.05, 0.1) is 18.9 Å². The van der Waals surface area contributed by atoms with Gasteiger partial charge in [0, 0.05) is 5.28 Å². The van der Waals surface area contributed by atoms with Crippen LogP contribution in [-0.2, 0) is 14.4 Å². The molecule has 0 atom stereocenters. The molecule has 1 aromatic heterocycles. The molecule has 1 amide bonds. The number of rotatable bonds is 3. The van der Waals surface area contributed by atoms with Gasteiger partial charge in [-0.2, -0.15) is 0 Å². The summed E-state index contributed by atoms with van der Waals surface area (Å²) < 4.78 is 4.58. The zero-order valence-corrected chi connectivity index (χ0v) is 8.54. The minimum absolute atomic E-state index is 0.215. The summed E-state index contributed by atoms with van der Waals surface area (Å²) in [5, 5.41) is 5.97. The van der Waals surface area contributed by atoms with Crippen molar-refractivity contribution < 1.29 is 18.8 Å². The van der Waals surface area contributed by atoms with Crippen LogP contribution >= 0.6 is 0 Å². The second-order valence-electron chi connectivity index (χ2n) is 2.43. The average molecular weight is 212 g/mol. The van der Waals surface area contributed by atoms with E-state index in [0.717, 1.165) is 0 Å². The van der Waals surface area contributed by atoms with Gasteiger partial charge < -0.3 is 9.25 Å². The second kappa shape index (κ2) is 8.61. The topological polar surface area (TPSA) is 81.2 Å². The summed E-state index contributed by atoms with van der Waals surface area (Å²) in [6, 6.07) is 3.67. The molecule has 0 spiro atoms. The number of carbonyl (C=O) groups is 2. The summed E-state index contributed by atoms with van der Waals surface area (Å²) in [6.45, 7) is 1.31. The average Bonchev–Trinajstić information content (AvgIpc) is 2.71. The zero-order chi connectivity index (χ0) is 11.5. The first kappa shape index (κ1) is 13.0. The molecule has 1 heterocycles. The van der Waals surface area contributed by atoms with Gasteiger partial charge in [0.2, 0.25) is 0 Å². The van der Waals surface area contributed by atoms with Gasteiger partial charge in [-0.25, -0.2) is 0 Å². The highest BCUT2D eigenvalue weighted by Gasteiger charge is 2.02. The molecule has 0 N–H and O–H groups in total. The van der Waals surface area contributed by atoms with E-state index in [-0.39, 0.29) is 12.2 Å². The van der Waals surface area contributed by atoms with Crippen molar-refractivity contribution in [2.45, 2.75) is 13.3 Å². The number of hydrogen-bond donors (Lipinski definition) is 0. The van der Waals surface area contributed by atoms with Gasteiger partial charge in [-0.05, 0) is 19.1 Å². The van der Waals surface area contributed by atoms with Crippen molar-refractivity contribution in [3.63, 3.8) is 0 Å². The predicted octanol–water partition coefficient (Wildman–Crippen LogP) is 1.79. The lowest BCUT2D eigenvalue weighted by atomic mass is 10.3. The third-order valence-corrected chi connectivity index (χ3v) is 1.06. The molecule has 6 heteroatoms. The van der Waals surface area contributed by atoms with Crippen LogP contribution in [0.15, 0.2) is 39.5 Å². The fraction of sp³-hybridized carbons (Fsp3) is 0.333. The van der Waals surface area contributed by atoms with Crippen LogP contribution in [-0.4, -0.2) is 18.8 Å². The van der Waals surface area contributed by atoms with Crippen LogP contribution in [0.4, 0.5) is 0 Å². The molecule has 1 aromatic rings. The molecule has 82 valence electrons. The van der Waals surface area contributed by atoms with Gasteiger partial charge in [0.15, 0.2) is 0 Å². The van der Waals surface area contributed by atoms with Crippen LogP contribution in [0.25, 0.3) is 0 Å². The summed E-state index contributed by atoms with van der Waals surface area (Å²) >= 11 is 0. The highest BCUT2D eigenvalue weighted by molar-refractivity contribution is 5.96. The lowest BCUT2D eigenvalue weighted by molar-refractivity contribution is -0.125. The van der Waals surface area contributed by atoms with E-state index in [1.54, 1.807) is 12.5 Å². The molecule has 0 saturated carbocycles. The lowest BCUT2D eigenvalue weighted by Crippen LogP contribution is -1.99. The van der Waals surface area contributed by atoms with Crippen molar-refractivity contribution in [1.82, 2.24) is 0 Å². The predicted molar refractivity (Wildman–Crippen MR) is 50.9 cm³/mol. The van der Waals surface area contributed by atoms with Crippen LogP contribution in [0.1, 0.15) is 13.3 Å². The number of hydrogen-bond acceptors (Lipinski definition) is 5. The van der Waals surface area contributed by atoms with Gasteiger partial charge in [-0.3, -0.25) is 9.59 Å². The van der Waals surface area contributed by atoms with Crippen molar-refractivity contribution in [1.29, 1.82) is 0 Å². The van der Waals surface area contributed by atoms with Crippen molar-refractivity contribution in [3.05, 3.63) is 24.7 Å². The van der Waals surface area contributed by atoms with E-state index >= 15 is 0 Å². The third kappa shape index (κ3) is 9.94. The summed E-state index contributed by atoms with van der Waals surface area (Å²) in [7, 11) is 1.27. The lowest BCUT2D eigenvalue weighted by Gasteiger charge is -1.85. The quantitative estimate of drug-likeness (QED) is 0.434. The number of carbonyl (C=O) groups excluding carboxylic acids is 2. The molecule has 0 bridgehead atoms. The van der Waals surface area contributed by atoms with Crippen LogP contribution in [0.5, 0.6) is 0 Å². The number of furan rings is 1. The zero-order valence-electron chi connectivity index (χ0n) is 8.54. The Balaban J connectivity index is 0.000000322. The Morgan fingerprint density at radius 2 is 1.93 bits per heavy atom. The Hall–Kier alpha value is -1.98. The normalized spacial score (nSPS) is 9.20. The molecule has 0 aliphatic heterocycles. The minimum Gasteiger partial charge on any atom is -0.473 e. The number of amides is 1. The number of ketones is 1. The van der Waals surface area contributed by atoms with Gasteiger partial charge >= 0.3 is 0 Å². The van der Waals surface area contributed by atoms with E-state index in [2.05, 4.69) is 19.6 Å². The van der Waals surface area contributed by atoms with Gasteiger partial charge in [-0.1, -0.05) is 5.11 Å². The molecule has 0 fully saturated rings. The number of nitrogens with zero attached hydrogens (tertiary/aromatic N) is 2. The summed E-state index contributed by atoms with van der Waals surface area (Å²) in [5.74, 6) is -0.825. The van der Waals surface area contributed by atoms with Crippen molar-refractivity contribution in [3.8, 4) is 0 Å². The van der Waals surface area contributed by atoms with Gasteiger partial charge in [0.1, 0.15) is 12.9 Å². The largest absolute Gasteiger partial charge is 0.473 e. The molecule has 0 aromatic carbocycles. The Bertz CT molecular complexity index is 289. The van der Waals surface area contributed by atoms with E-state index in [0.29, 0.717) is 0 Å². The van der Waals surface area contributed by atoms with E-state index in [1.165, 1.54) is 14.0 Å². The smallest absolute Gasteiger partial charge is 0.275 e. The maximum absolute atomic E-state index is 10.5. The van der Waals surface area contributed by atoms with Crippen LogP contribution in [0, 0.1) is 0 Å². The Morgan fingerprint density at radius 1 is 1.33 bits per heavy atom. The molecular formula is C9H12N2O4. The summed E-state index contributed by atoms with van der Waals surface area (Å²) in [6.07, 6.45) is 3.03. The van der Waals surface area contributed by atoms with Crippen LogP contribution < -0.4 is 0 Å². The highest BCUT2D eigenvalue weighted by Crippen LogP contribution is 1.87. The summed E-state index contributed by atoms with van der Waals surface area (Å²) in [4.78, 5) is 24.8. The monoisotopic (exact) mass is 212 g/mol. The minimum atomic E-state index is -0.589. The first-order chi connectivity index (χ1) is 7.16. The maximum Gasteiger partial charge on any atom is 0.275 e. The molecule has 1 rings (SSSR count). The second-order valence-corrected chi connectivity index (χ2v) is 2.43. The SMILES string of the molecule is CON=NC(=O)CC(C)=O.c1ccoc1. The van der Waals surface area contributed by atoms with E-state index < -0.39 is 5.91 Å². The molecule has 15 heavy (non-hydrogen) atoms. The fourth-order valence-corrected chi connectivity index (χ4v) is 0.561. The van der Waals surface area contributed by atoms with Crippen LogP contribution in [0.3, 0.4) is 0 Å². The Morgan fingerprint density at radius 3 is 2.27 bits per heavy atom. The molecule has 6 nitrogen and oxygen atoms in total. The molecule has 0 aliphatic carbocycles. The Labute approximate surface area is 86.9 Å². The standard InChI is InChI=1S/C5H8N2O3.C4H4O/c1-4(8)3-5(9)6-7-10-2;1-2-4-5-3-1/h3H2,1-2H3;1-4H. The first-order valence-electron chi connectivity index (χ1n) is 4.10. The summed E-state index contributed by atoms with van der Waals surface area (Å²) in [5.41, 5.74) is 0. The van der Waals surface area contributed by atoms with Crippen molar-refractivity contribution in [2.24, 2.45) is 10.4 Å². The van der Waals surface area contributed by atoms with E-state index in [4.69, 9.17) is 0 Å². The van der Waals surface area contributed by atoms with Crippen LogP contribution in [0.2, 0.25) is 0 Å². The van der Waals surface area contributed by atoms with Crippen molar-refractivity contribution >= 4 is 11.7 Å². The molecule has 0 radical (unpaired) electrons. The van der Waals surface area contributed by atoms with E-state index in [9.17, 15) is 9.59 Å². The molecule has 0 saturated heterocycles. The first-order valence-corrected chi connectivity index (χ1v) is 4.10. The third-order valence-electron chi connectivity index (χ3n) is 1.06. The van der Waals surface area contributed by atoms with E-state index in [1.807, 2.05) is 12.1 Å². The van der Waals surface area contributed by atoms with Gasteiger partial charge in [0.25, 0.3) is 5.91 Å². The van der Waals surface area contributed by atoms with Crippen molar-refractivity contribution in [2.75, 3.05) is 7.11 Å². The molecule has 0 aliphatic rings.